The van der Waals surface area contributed by atoms with E-state index in [9.17, 15) is 14.3 Å². The summed E-state index contributed by atoms with van der Waals surface area (Å²) >= 11 is 6.18. The molecule has 1 unspecified atom stereocenters. The Labute approximate surface area is 150 Å². The molecule has 0 saturated carbocycles. The van der Waals surface area contributed by atoms with Crippen molar-refractivity contribution in [2.45, 2.75) is 25.0 Å². The summed E-state index contributed by atoms with van der Waals surface area (Å²) in [5.74, 6) is -1.29. The molecule has 2 N–H and O–H groups in total. The van der Waals surface area contributed by atoms with Crippen LogP contribution in [0.1, 0.15) is 27.9 Å². The van der Waals surface area contributed by atoms with Crippen molar-refractivity contribution < 1.29 is 19.4 Å². The minimum Gasteiger partial charge on any atom is -0.478 e. The maximum absolute atomic E-state index is 13.0. The van der Waals surface area contributed by atoms with Crippen LogP contribution in [0.15, 0.2) is 42.5 Å². The van der Waals surface area contributed by atoms with Gasteiger partial charge in [-0.2, -0.15) is 0 Å². The van der Waals surface area contributed by atoms with Gasteiger partial charge in [0.05, 0.1) is 11.2 Å². The summed E-state index contributed by atoms with van der Waals surface area (Å²) < 4.78 is 13.0. The van der Waals surface area contributed by atoms with Gasteiger partial charge >= 0.3 is 5.97 Å². The number of hydrogen-bond donors (Lipinski definition) is 2. The minimum atomic E-state index is -0.993. The van der Waals surface area contributed by atoms with E-state index in [1.165, 1.54) is 18.2 Å². The molecule has 132 valence electrons. The summed E-state index contributed by atoms with van der Waals surface area (Å²) in [5, 5.41) is 20.4. The number of rotatable bonds is 5. The minimum absolute atomic E-state index is 0.195. The third kappa shape index (κ3) is 4.37. The number of likely N-dealkylation sites (tertiary alicyclic amines) is 1. The average molecular weight is 364 g/mol. The van der Waals surface area contributed by atoms with Crippen LogP contribution < -0.4 is 0 Å². The van der Waals surface area contributed by atoms with Crippen LogP contribution in [-0.4, -0.2) is 39.8 Å². The van der Waals surface area contributed by atoms with Gasteiger partial charge in [-0.1, -0.05) is 23.7 Å². The standard InChI is InChI=1S/C19H19ClFNO3/c20-17-6-3-14(18(23)24)9-15(17)11-22-8-7-19(25,12-22)10-13-1-4-16(21)5-2-13/h1-6,9,25H,7-8,10-12H2,(H,23,24). The molecule has 1 fully saturated rings. The Morgan fingerprint density at radius 3 is 2.64 bits per heavy atom. The van der Waals surface area contributed by atoms with Gasteiger partial charge < -0.3 is 10.2 Å². The fourth-order valence-electron chi connectivity index (χ4n) is 3.27. The highest BCUT2D eigenvalue weighted by Gasteiger charge is 2.36. The first-order valence-corrected chi connectivity index (χ1v) is 8.43. The first-order valence-electron chi connectivity index (χ1n) is 8.06. The number of aromatic carboxylic acids is 1. The molecule has 25 heavy (non-hydrogen) atoms. The summed E-state index contributed by atoms with van der Waals surface area (Å²) in [6.07, 6.45) is 1.05. The zero-order valence-electron chi connectivity index (χ0n) is 13.6. The van der Waals surface area contributed by atoms with Gasteiger partial charge in [-0.3, -0.25) is 4.90 Å². The second kappa shape index (κ2) is 7.12. The van der Waals surface area contributed by atoms with Gasteiger partial charge in [0.15, 0.2) is 0 Å². The Bertz CT molecular complexity index is 781. The lowest BCUT2D eigenvalue weighted by atomic mass is 9.94. The summed E-state index contributed by atoms with van der Waals surface area (Å²) in [4.78, 5) is 13.2. The van der Waals surface area contributed by atoms with Gasteiger partial charge in [-0.15, -0.1) is 0 Å². The highest BCUT2D eigenvalue weighted by Crippen LogP contribution is 2.28. The van der Waals surface area contributed by atoms with Gasteiger partial charge in [-0.25, -0.2) is 9.18 Å². The van der Waals surface area contributed by atoms with Crippen LogP contribution in [0.2, 0.25) is 5.02 Å². The van der Waals surface area contributed by atoms with Gasteiger partial charge in [0.2, 0.25) is 0 Å². The number of halogens is 2. The molecule has 2 aromatic rings. The normalized spacial score (nSPS) is 20.8. The summed E-state index contributed by atoms with van der Waals surface area (Å²) in [6.45, 7) is 1.62. The molecular formula is C19H19ClFNO3. The van der Waals surface area contributed by atoms with Crippen LogP contribution >= 0.6 is 11.6 Å². The number of carboxylic acids is 1. The fourth-order valence-corrected chi connectivity index (χ4v) is 3.45. The molecule has 0 aromatic heterocycles. The third-order valence-electron chi connectivity index (χ3n) is 4.54. The number of carbonyl (C=O) groups is 1. The Hall–Kier alpha value is -1.95. The monoisotopic (exact) mass is 363 g/mol. The summed E-state index contributed by atoms with van der Waals surface area (Å²) in [6, 6.07) is 10.8. The van der Waals surface area contributed by atoms with Crippen LogP contribution in [0.3, 0.4) is 0 Å². The molecule has 0 radical (unpaired) electrons. The number of nitrogens with zero attached hydrogens (tertiary/aromatic N) is 1. The molecule has 1 aliphatic heterocycles. The molecule has 4 nitrogen and oxygen atoms in total. The van der Waals surface area contributed by atoms with Crippen LogP contribution in [0.25, 0.3) is 0 Å². The number of hydrogen-bond acceptors (Lipinski definition) is 3. The van der Waals surface area contributed by atoms with E-state index in [1.54, 1.807) is 24.3 Å². The molecule has 3 rings (SSSR count). The van der Waals surface area contributed by atoms with E-state index in [2.05, 4.69) is 4.90 Å². The topological polar surface area (TPSA) is 60.8 Å². The van der Waals surface area contributed by atoms with Gasteiger partial charge in [0.25, 0.3) is 0 Å². The number of aliphatic hydroxyl groups is 1. The van der Waals surface area contributed by atoms with Gasteiger partial charge in [0, 0.05) is 31.1 Å². The van der Waals surface area contributed by atoms with Gasteiger partial charge in [-0.05, 0) is 47.9 Å². The number of carboxylic acid groups (broad SMARTS) is 1. The molecule has 1 atom stereocenters. The van der Waals surface area contributed by atoms with Crippen LogP contribution in [0, 0.1) is 5.82 Å². The molecule has 1 saturated heterocycles. The molecule has 1 heterocycles. The second-order valence-corrected chi connectivity index (χ2v) is 7.01. The van der Waals surface area contributed by atoms with E-state index >= 15 is 0 Å². The summed E-state index contributed by atoms with van der Waals surface area (Å²) in [7, 11) is 0. The van der Waals surface area contributed by atoms with Crippen molar-refractivity contribution in [3.63, 3.8) is 0 Å². The van der Waals surface area contributed by atoms with Crippen molar-refractivity contribution in [1.82, 2.24) is 4.90 Å². The van der Waals surface area contributed by atoms with Crippen molar-refractivity contribution in [2.75, 3.05) is 13.1 Å². The lowest BCUT2D eigenvalue weighted by molar-refractivity contribution is 0.0487. The zero-order valence-corrected chi connectivity index (χ0v) is 14.3. The number of benzene rings is 2. The molecule has 1 aliphatic rings. The summed E-state index contributed by atoms with van der Waals surface area (Å²) in [5.41, 5.74) is 0.929. The van der Waals surface area contributed by atoms with E-state index in [1.807, 2.05) is 0 Å². The Kier molecular flexibility index (Phi) is 5.08. The van der Waals surface area contributed by atoms with Crippen molar-refractivity contribution >= 4 is 17.6 Å². The fraction of sp³-hybridized carbons (Fsp3) is 0.316. The lowest BCUT2D eigenvalue weighted by Crippen LogP contribution is -2.35. The van der Waals surface area contributed by atoms with E-state index in [4.69, 9.17) is 16.7 Å². The van der Waals surface area contributed by atoms with Crippen LogP contribution in [0.5, 0.6) is 0 Å². The van der Waals surface area contributed by atoms with Gasteiger partial charge in [0.1, 0.15) is 5.82 Å². The van der Waals surface area contributed by atoms with E-state index in [0.717, 1.165) is 11.1 Å². The zero-order chi connectivity index (χ0) is 18.0. The Morgan fingerprint density at radius 2 is 1.96 bits per heavy atom. The molecule has 0 spiro atoms. The van der Waals surface area contributed by atoms with E-state index in [-0.39, 0.29) is 11.4 Å². The highest BCUT2D eigenvalue weighted by atomic mass is 35.5. The molecule has 0 aliphatic carbocycles. The largest absolute Gasteiger partial charge is 0.478 e. The maximum Gasteiger partial charge on any atom is 0.335 e. The van der Waals surface area contributed by atoms with E-state index in [0.29, 0.717) is 37.5 Å². The van der Waals surface area contributed by atoms with Crippen molar-refractivity contribution in [2.24, 2.45) is 0 Å². The third-order valence-corrected chi connectivity index (χ3v) is 4.91. The SMILES string of the molecule is O=C(O)c1ccc(Cl)c(CN2CCC(O)(Cc3ccc(F)cc3)C2)c1. The smallest absolute Gasteiger partial charge is 0.335 e. The maximum atomic E-state index is 13.0. The molecule has 2 aromatic carbocycles. The molecule has 0 amide bonds. The first-order chi connectivity index (χ1) is 11.8. The Balaban J connectivity index is 1.67. The predicted octanol–water partition coefficient (Wildman–Crippen LogP) is 3.36. The lowest BCUT2D eigenvalue weighted by Gasteiger charge is -2.24. The van der Waals surface area contributed by atoms with Crippen molar-refractivity contribution in [3.05, 3.63) is 70.0 Å². The van der Waals surface area contributed by atoms with Crippen molar-refractivity contribution in [3.8, 4) is 0 Å². The molecular weight excluding hydrogens is 345 g/mol. The van der Waals surface area contributed by atoms with Crippen molar-refractivity contribution in [1.29, 1.82) is 0 Å². The highest BCUT2D eigenvalue weighted by molar-refractivity contribution is 6.31. The second-order valence-electron chi connectivity index (χ2n) is 6.60. The quantitative estimate of drug-likeness (QED) is 0.855. The number of β-amino-alcohol motifs (C(OH)–C–C–N with tert-alkyl or cyclic N) is 1. The molecule has 6 heteroatoms. The van der Waals surface area contributed by atoms with Crippen LogP contribution in [-0.2, 0) is 13.0 Å². The Morgan fingerprint density at radius 1 is 1.24 bits per heavy atom. The first kappa shape index (κ1) is 17.9. The average Bonchev–Trinajstić information content (AvgIpc) is 2.92. The predicted molar refractivity (Wildman–Crippen MR) is 93.4 cm³/mol. The van der Waals surface area contributed by atoms with E-state index < -0.39 is 11.6 Å². The molecule has 0 bridgehead atoms. The van der Waals surface area contributed by atoms with Crippen LogP contribution in [0.4, 0.5) is 4.39 Å².